The van der Waals surface area contributed by atoms with Crippen LogP contribution in [0, 0.1) is 11.3 Å². The number of amides is 1. The minimum absolute atomic E-state index is 0.0371. The van der Waals surface area contributed by atoms with Gasteiger partial charge in [0.25, 0.3) is 5.91 Å². The molecule has 1 aliphatic heterocycles. The van der Waals surface area contributed by atoms with Crippen molar-refractivity contribution in [2.24, 2.45) is 11.3 Å². The molecule has 1 amide bonds. The Kier molecular flexibility index (Phi) is 5.87. The zero-order chi connectivity index (χ0) is 21.8. The molecule has 1 aromatic heterocycles. The smallest absolute Gasteiger partial charge is 0.256 e. The summed E-state index contributed by atoms with van der Waals surface area (Å²) in [5.41, 5.74) is 3.07. The van der Waals surface area contributed by atoms with E-state index >= 15 is 0 Å². The molecule has 162 valence electrons. The highest BCUT2D eigenvalue weighted by Gasteiger charge is 2.37. The average molecular weight is 558 g/mol. The Balaban J connectivity index is 1.69. The van der Waals surface area contributed by atoms with E-state index in [9.17, 15) is 9.90 Å². The summed E-state index contributed by atoms with van der Waals surface area (Å²) < 4.78 is 6.75. The van der Waals surface area contributed by atoms with Crippen LogP contribution >= 0.6 is 43.2 Å². The SMILES string of the molecule is CCOc1cc([C@@H]2NC(=O)c3c(sc4c3CC[C@@H](C(C)(C)C)C4)N2)c(Br)c(Br)c1O. The fourth-order valence-electron chi connectivity index (χ4n) is 4.28. The van der Waals surface area contributed by atoms with Gasteiger partial charge in [-0.2, -0.15) is 0 Å². The number of benzene rings is 1. The first-order valence-electron chi connectivity index (χ1n) is 10.2. The molecule has 2 aromatic rings. The number of carbonyl (C=O) groups excluding carboxylic acids is 1. The van der Waals surface area contributed by atoms with Crippen molar-refractivity contribution in [3.8, 4) is 11.5 Å². The summed E-state index contributed by atoms with van der Waals surface area (Å²) in [5.74, 6) is 0.993. The summed E-state index contributed by atoms with van der Waals surface area (Å²) in [5, 5.41) is 17.9. The van der Waals surface area contributed by atoms with E-state index in [0.29, 0.717) is 27.2 Å². The van der Waals surface area contributed by atoms with Gasteiger partial charge >= 0.3 is 0 Å². The largest absolute Gasteiger partial charge is 0.503 e. The molecule has 0 bridgehead atoms. The second kappa shape index (κ2) is 8.02. The second-order valence-electron chi connectivity index (χ2n) is 8.94. The fourth-order valence-corrected chi connectivity index (χ4v) is 6.59. The molecule has 1 aromatic carbocycles. The lowest BCUT2D eigenvalue weighted by Gasteiger charge is -2.34. The van der Waals surface area contributed by atoms with Crippen LogP contribution in [0.15, 0.2) is 15.0 Å². The molecule has 0 spiro atoms. The summed E-state index contributed by atoms with van der Waals surface area (Å²) in [7, 11) is 0. The minimum atomic E-state index is -0.422. The molecule has 1 aliphatic carbocycles. The number of carbonyl (C=O) groups is 1. The van der Waals surface area contributed by atoms with E-state index in [0.717, 1.165) is 35.4 Å². The van der Waals surface area contributed by atoms with E-state index in [2.05, 4.69) is 63.3 Å². The number of aromatic hydroxyl groups is 1. The molecule has 2 aliphatic rings. The summed E-state index contributed by atoms with van der Waals surface area (Å²) in [6.07, 6.45) is 2.67. The normalized spacial score (nSPS) is 20.8. The lowest BCUT2D eigenvalue weighted by Crippen LogP contribution is -2.38. The number of fused-ring (bicyclic) bond motifs is 3. The van der Waals surface area contributed by atoms with E-state index in [4.69, 9.17) is 4.74 Å². The van der Waals surface area contributed by atoms with Gasteiger partial charge in [-0.05, 0) is 81.0 Å². The maximum atomic E-state index is 13.1. The van der Waals surface area contributed by atoms with Crippen LogP contribution in [0.1, 0.15) is 66.6 Å². The molecule has 3 N–H and O–H groups in total. The molecule has 8 heteroatoms. The first kappa shape index (κ1) is 22.0. The fraction of sp³-hybridized carbons (Fsp3) is 0.500. The molecule has 4 rings (SSSR count). The van der Waals surface area contributed by atoms with Gasteiger partial charge in [0, 0.05) is 14.9 Å². The highest BCUT2D eigenvalue weighted by Crippen LogP contribution is 2.48. The third-order valence-electron chi connectivity index (χ3n) is 6.05. The van der Waals surface area contributed by atoms with Gasteiger partial charge in [0.15, 0.2) is 11.5 Å². The summed E-state index contributed by atoms with van der Waals surface area (Å²) >= 11 is 8.68. The van der Waals surface area contributed by atoms with Crippen LogP contribution in [0.4, 0.5) is 5.00 Å². The van der Waals surface area contributed by atoms with Gasteiger partial charge in [0.2, 0.25) is 0 Å². The number of halogens is 2. The zero-order valence-electron chi connectivity index (χ0n) is 17.5. The van der Waals surface area contributed by atoms with Crippen LogP contribution in [0.2, 0.25) is 0 Å². The summed E-state index contributed by atoms with van der Waals surface area (Å²) in [6.45, 7) is 9.19. The van der Waals surface area contributed by atoms with Crippen molar-refractivity contribution < 1.29 is 14.6 Å². The summed E-state index contributed by atoms with van der Waals surface area (Å²) in [4.78, 5) is 14.4. The van der Waals surface area contributed by atoms with Crippen molar-refractivity contribution >= 4 is 54.1 Å². The van der Waals surface area contributed by atoms with Gasteiger partial charge in [0.1, 0.15) is 11.2 Å². The zero-order valence-corrected chi connectivity index (χ0v) is 21.5. The molecule has 0 unspecified atom stereocenters. The van der Waals surface area contributed by atoms with Gasteiger partial charge in [-0.3, -0.25) is 4.79 Å². The number of phenolic OH excluding ortho intramolecular Hbond substituents is 1. The number of hydrogen-bond donors (Lipinski definition) is 3. The van der Waals surface area contributed by atoms with E-state index < -0.39 is 6.17 Å². The van der Waals surface area contributed by atoms with Gasteiger partial charge in [-0.25, -0.2) is 0 Å². The van der Waals surface area contributed by atoms with Crippen LogP contribution in [0.25, 0.3) is 0 Å². The highest BCUT2D eigenvalue weighted by atomic mass is 79.9. The molecule has 0 radical (unpaired) electrons. The van der Waals surface area contributed by atoms with Gasteiger partial charge in [0.05, 0.1) is 16.6 Å². The predicted molar refractivity (Wildman–Crippen MR) is 128 cm³/mol. The van der Waals surface area contributed by atoms with Crippen molar-refractivity contribution in [1.29, 1.82) is 0 Å². The number of thiophene rings is 1. The Labute approximate surface area is 197 Å². The van der Waals surface area contributed by atoms with Crippen LogP contribution in [-0.2, 0) is 12.8 Å². The predicted octanol–water partition coefficient (Wildman–Crippen LogP) is 6.38. The van der Waals surface area contributed by atoms with Crippen LogP contribution in [0.3, 0.4) is 0 Å². The maximum Gasteiger partial charge on any atom is 0.256 e. The van der Waals surface area contributed by atoms with E-state index in [1.54, 1.807) is 17.4 Å². The first-order chi connectivity index (χ1) is 14.1. The Hall–Kier alpha value is -1.25. The second-order valence-corrected chi connectivity index (χ2v) is 11.6. The number of hydrogen-bond acceptors (Lipinski definition) is 5. The number of anilines is 1. The van der Waals surface area contributed by atoms with E-state index in [-0.39, 0.29) is 17.1 Å². The Morgan fingerprint density at radius 3 is 2.67 bits per heavy atom. The van der Waals surface area contributed by atoms with Crippen LogP contribution in [-0.4, -0.2) is 17.6 Å². The lowest BCUT2D eigenvalue weighted by atomic mass is 9.72. The monoisotopic (exact) mass is 556 g/mol. The standard InChI is InChI=1S/C22H26Br2N2O3S/c1-5-29-13-9-12(16(23)17(24)18(13)27)19-25-20(28)15-11-7-6-10(22(2,3)4)8-14(11)30-21(15)26-19/h9-10,19,26-27H,5-8H2,1-4H3,(H,25,28)/t10-,19-/m1/s1. The van der Waals surface area contributed by atoms with Gasteiger partial charge < -0.3 is 20.5 Å². The van der Waals surface area contributed by atoms with Crippen LogP contribution < -0.4 is 15.4 Å². The van der Waals surface area contributed by atoms with Gasteiger partial charge in [-0.15, -0.1) is 11.3 Å². The van der Waals surface area contributed by atoms with Crippen molar-refractivity contribution in [3.05, 3.63) is 36.6 Å². The van der Waals surface area contributed by atoms with Crippen molar-refractivity contribution in [1.82, 2.24) is 5.32 Å². The summed E-state index contributed by atoms with van der Waals surface area (Å²) in [6, 6.07) is 1.76. The van der Waals surface area contributed by atoms with Gasteiger partial charge in [-0.1, -0.05) is 20.8 Å². The molecule has 5 nitrogen and oxygen atoms in total. The number of rotatable bonds is 3. The van der Waals surface area contributed by atoms with Crippen molar-refractivity contribution in [2.75, 3.05) is 11.9 Å². The van der Waals surface area contributed by atoms with Crippen molar-refractivity contribution in [2.45, 2.75) is 53.1 Å². The quantitative estimate of drug-likeness (QED) is 0.409. The molecule has 0 saturated carbocycles. The molecule has 2 atom stereocenters. The van der Waals surface area contributed by atoms with E-state index in [1.807, 2.05) is 6.92 Å². The topological polar surface area (TPSA) is 70.6 Å². The lowest BCUT2D eigenvalue weighted by molar-refractivity contribution is 0.0934. The van der Waals surface area contributed by atoms with E-state index in [1.165, 1.54) is 10.4 Å². The average Bonchev–Trinajstić information content (AvgIpc) is 3.05. The molecule has 30 heavy (non-hydrogen) atoms. The third-order valence-corrected chi connectivity index (χ3v) is 9.40. The third kappa shape index (κ3) is 3.75. The Morgan fingerprint density at radius 1 is 1.27 bits per heavy atom. The first-order valence-corrected chi connectivity index (χ1v) is 12.6. The van der Waals surface area contributed by atoms with Crippen molar-refractivity contribution in [3.63, 3.8) is 0 Å². The number of ether oxygens (including phenoxy) is 1. The minimum Gasteiger partial charge on any atom is -0.503 e. The molecule has 2 heterocycles. The molecule has 0 saturated heterocycles. The molecule has 0 fully saturated rings. The van der Waals surface area contributed by atoms with Crippen LogP contribution in [0.5, 0.6) is 11.5 Å². The Bertz CT molecular complexity index is 1010. The Morgan fingerprint density at radius 2 is 2.00 bits per heavy atom. The molecular weight excluding hydrogens is 532 g/mol. The molecular formula is C22H26Br2N2O3S. The number of phenols is 1. The number of nitrogens with one attached hydrogen (secondary N) is 2. The highest BCUT2D eigenvalue weighted by molar-refractivity contribution is 9.13. The maximum absolute atomic E-state index is 13.1.